The lowest BCUT2D eigenvalue weighted by atomic mass is 10.2. The van der Waals surface area contributed by atoms with Crippen molar-refractivity contribution in [3.05, 3.63) is 30.5 Å². The predicted octanol–water partition coefficient (Wildman–Crippen LogP) is 2.81. The van der Waals surface area contributed by atoms with E-state index in [-0.39, 0.29) is 16.2 Å². The van der Waals surface area contributed by atoms with Crippen molar-refractivity contribution in [3.63, 3.8) is 0 Å². The van der Waals surface area contributed by atoms with Gasteiger partial charge >= 0.3 is 0 Å². The van der Waals surface area contributed by atoms with Crippen LogP contribution in [0.25, 0.3) is 10.9 Å². The number of aromatic nitrogens is 1. The number of pyridine rings is 1. The van der Waals surface area contributed by atoms with Crippen LogP contribution in [0.15, 0.2) is 35.4 Å². The largest absolute Gasteiger partial charge is 0.487 e. The van der Waals surface area contributed by atoms with Crippen LogP contribution in [0.3, 0.4) is 0 Å². The monoisotopic (exact) mass is 307 g/mol. The van der Waals surface area contributed by atoms with E-state index in [2.05, 4.69) is 4.98 Å². The maximum Gasteiger partial charge on any atom is 0.272 e. The number of hydrogen-bond donors (Lipinski definition) is 0. The first-order valence-electron chi connectivity index (χ1n) is 5.13. The molecule has 0 bridgehead atoms. The molecule has 2 aromatic rings. The molecule has 102 valence electrons. The van der Waals surface area contributed by atoms with Crippen LogP contribution in [0.5, 0.6) is 5.75 Å². The average Bonchev–Trinajstić information content (AvgIpc) is 2.34. The van der Waals surface area contributed by atoms with Crippen molar-refractivity contribution < 1.29 is 21.9 Å². The van der Waals surface area contributed by atoms with E-state index in [4.69, 9.17) is 15.4 Å². The van der Waals surface area contributed by atoms with Gasteiger partial charge in [-0.25, -0.2) is 17.2 Å². The molecule has 1 aromatic carbocycles. The zero-order chi connectivity index (χ0) is 14.0. The lowest BCUT2D eigenvalue weighted by Gasteiger charge is -2.10. The summed E-state index contributed by atoms with van der Waals surface area (Å²) in [6, 6.07) is 5.52. The number of fused-ring (bicyclic) bond motifs is 1. The van der Waals surface area contributed by atoms with Crippen molar-refractivity contribution in [3.8, 4) is 5.75 Å². The lowest BCUT2D eigenvalue weighted by molar-refractivity contribution is 0.0826. The summed E-state index contributed by atoms with van der Waals surface area (Å²) < 4.78 is 52.0. The van der Waals surface area contributed by atoms with E-state index in [1.165, 1.54) is 24.4 Å². The quantitative estimate of drug-likeness (QED) is 0.815. The van der Waals surface area contributed by atoms with Gasteiger partial charge in [-0.15, -0.1) is 0 Å². The number of nitrogens with zero attached hydrogens (tertiary/aromatic N) is 1. The highest BCUT2D eigenvalue weighted by Crippen LogP contribution is 2.31. The van der Waals surface area contributed by atoms with Gasteiger partial charge in [-0.1, -0.05) is 0 Å². The molecule has 19 heavy (non-hydrogen) atoms. The van der Waals surface area contributed by atoms with Crippen LogP contribution in [-0.4, -0.2) is 26.4 Å². The maximum atomic E-state index is 12.1. The van der Waals surface area contributed by atoms with Crippen LogP contribution in [0.1, 0.15) is 0 Å². The van der Waals surface area contributed by atoms with Gasteiger partial charge in [-0.3, -0.25) is 4.98 Å². The normalized spacial score (nSPS) is 12.0. The molecule has 0 saturated carbocycles. The minimum Gasteiger partial charge on any atom is -0.487 e. The van der Waals surface area contributed by atoms with Gasteiger partial charge in [0.25, 0.3) is 15.5 Å². The molecule has 0 unspecified atom stereocenters. The smallest absolute Gasteiger partial charge is 0.272 e. The number of rotatable bonds is 4. The van der Waals surface area contributed by atoms with Crippen LogP contribution < -0.4 is 4.74 Å². The third-order valence-electron chi connectivity index (χ3n) is 2.32. The molecule has 0 aliphatic heterocycles. The minimum absolute atomic E-state index is 0.0873. The van der Waals surface area contributed by atoms with E-state index >= 15 is 0 Å². The summed E-state index contributed by atoms with van der Waals surface area (Å²) in [7, 11) is 1.32. The Hall–Kier alpha value is -1.47. The molecule has 0 amide bonds. The summed E-state index contributed by atoms with van der Waals surface area (Å²) in [5.74, 6) is 0.132. The second-order valence-corrected chi connectivity index (χ2v) is 6.14. The molecule has 0 radical (unpaired) electrons. The van der Waals surface area contributed by atoms with Gasteiger partial charge in [-0.2, -0.15) is 0 Å². The van der Waals surface area contributed by atoms with Crippen molar-refractivity contribution >= 4 is 30.6 Å². The summed E-state index contributed by atoms with van der Waals surface area (Å²) in [5.41, 5.74) is 0.0873. The van der Waals surface area contributed by atoms with Gasteiger partial charge in [0.1, 0.15) is 17.3 Å². The summed E-state index contributed by atoms with van der Waals surface area (Å²) in [6.45, 7) is -0.781. The van der Waals surface area contributed by atoms with Gasteiger partial charge in [0, 0.05) is 22.3 Å². The molecule has 1 aromatic heterocycles. The van der Waals surface area contributed by atoms with E-state index < -0.39 is 22.1 Å². The van der Waals surface area contributed by atoms with Gasteiger partial charge in [0.05, 0.1) is 5.52 Å². The summed E-state index contributed by atoms with van der Waals surface area (Å²) >= 11 is 0. The number of benzene rings is 1. The van der Waals surface area contributed by atoms with E-state index in [1.807, 2.05) is 0 Å². The van der Waals surface area contributed by atoms with Gasteiger partial charge in [0.15, 0.2) is 0 Å². The minimum atomic E-state index is -3.97. The fraction of sp³-hybridized carbons (Fsp3) is 0.182. The van der Waals surface area contributed by atoms with E-state index in [9.17, 15) is 17.2 Å². The van der Waals surface area contributed by atoms with Crippen molar-refractivity contribution in [2.45, 2.75) is 11.3 Å². The molecular weight excluding hydrogens is 300 g/mol. The van der Waals surface area contributed by atoms with Crippen LogP contribution in [0.2, 0.25) is 0 Å². The first-order chi connectivity index (χ1) is 8.89. The molecule has 8 heteroatoms. The van der Waals surface area contributed by atoms with E-state index in [0.717, 1.165) is 0 Å². The Morgan fingerprint density at radius 3 is 2.68 bits per heavy atom. The summed E-state index contributed by atoms with van der Waals surface area (Å²) in [4.78, 5) is 3.72. The third kappa shape index (κ3) is 3.10. The zero-order valence-electron chi connectivity index (χ0n) is 9.39. The van der Waals surface area contributed by atoms with Crippen LogP contribution in [0.4, 0.5) is 8.78 Å². The van der Waals surface area contributed by atoms with Crippen LogP contribution >= 0.6 is 10.7 Å². The highest BCUT2D eigenvalue weighted by Gasteiger charge is 2.18. The number of alkyl halides is 2. The van der Waals surface area contributed by atoms with Crippen LogP contribution in [0, 0.1) is 0 Å². The Labute approximate surface area is 112 Å². The molecule has 0 aliphatic rings. The molecule has 0 N–H and O–H groups in total. The molecule has 1 heterocycles. The highest BCUT2D eigenvalue weighted by atomic mass is 35.7. The predicted molar refractivity (Wildman–Crippen MR) is 66.3 cm³/mol. The number of halogens is 3. The SMILES string of the molecule is O=S(=O)(Cl)c1ccc(OCC(F)F)c2cccnc12. The summed E-state index contributed by atoms with van der Waals surface area (Å²) in [5, 5.41) is 0.310. The second-order valence-electron chi connectivity index (χ2n) is 3.60. The standard InChI is InChI=1S/C11H8ClF2NO3S/c12-19(16,17)9-4-3-8(18-6-10(13)14)7-2-1-5-15-11(7)9/h1-5,10H,6H2. The van der Waals surface area contributed by atoms with Crippen molar-refractivity contribution in [2.75, 3.05) is 6.61 Å². The van der Waals surface area contributed by atoms with Crippen molar-refractivity contribution in [1.82, 2.24) is 4.98 Å². The second kappa shape index (κ2) is 5.26. The zero-order valence-corrected chi connectivity index (χ0v) is 11.0. The van der Waals surface area contributed by atoms with Crippen LogP contribution in [-0.2, 0) is 9.05 Å². The van der Waals surface area contributed by atoms with E-state index in [1.54, 1.807) is 6.07 Å². The van der Waals surface area contributed by atoms with Crippen molar-refractivity contribution in [2.24, 2.45) is 0 Å². The Morgan fingerprint density at radius 1 is 1.32 bits per heavy atom. The molecule has 2 rings (SSSR count). The number of ether oxygens (including phenoxy) is 1. The number of hydrogen-bond acceptors (Lipinski definition) is 4. The Morgan fingerprint density at radius 2 is 2.05 bits per heavy atom. The van der Waals surface area contributed by atoms with Crippen molar-refractivity contribution in [1.29, 1.82) is 0 Å². The fourth-order valence-electron chi connectivity index (χ4n) is 1.60. The molecule has 0 saturated heterocycles. The Kier molecular flexibility index (Phi) is 3.86. The van der Waals surface area contributed by atoms with Gasteiger partial charge in [0.2, 0.25) is 0 Å². The Balaban J connectivity index is 2.59. The first kappa shape index (κ1) is 14.0. The molecular formula is C11H8ClF2NO3S. The molecule has 0 spiro atoms. The molecule has 0 aliphatic carbocycles. The Bertz CT molecular complexity index is 706. The third-order valence-corrected chi connectivity index (χ3v) is 3.67. The summed E-state index contributed by atoms with van der Waals surface area (Å²) in [6.07, 6.45) is -1.24. The molecule has 0 atom stereocenters. The van der Waals surface area contributed by atoms with Gasteiger partial charge in [-0.05, 0) is 24.3 Å². The molecule has 0 fully saturated rings. The maximum absolute atomic E-state index is 12.1. The lowest BCUT2D eigenvalue weighted by Crippen LogP contribution is -2.07. The molecule has 4 nitrogen and oxygen atoms in total. The average molecular weight is 308 g/mol. The van der Waals surface area contributed by atoms with E-state index in [0.29, 0.717) is 5.39 Å². The van der Waals surface area contributed by atoms with Gasteiger partial charge < -0.3 is 4.74 Å². The highest BCUT2D eigenvalue weighted by molar-refractivity contribution is 8.14. The fourth-order valence-corrected chi connectivity index (χ4v) is 2.59. The first-order valence-corrected chi connectivity index (χ1v) is 7.44. The topological polar surface area (TPSA) is 56.3 Å².